The molecular weight excluding hydrogens is 300 g/mol. The number of carbonyl (C=O) groups is 1. The van der Waals surface area contributed by atoms with Crippen LogP contribution in [0.1, 0.15) is 19.8 Å². The summed E-state index contributed by atoms with van der Waals surface area (Å²) in [7, 11) is 0. The number of hydrogen-bond acceptors (Lipinski definition) is 2. The van der Waals surface area contributed by atoms with Gasteiger partial charge >= 0.3 is 6.03 Å². The van der Waals surface area contributed by atoms with Gasteiger partial charge in [-0.25, -0.2) is 4.79 Å². The minimum absolute atomic E-state index is 0.0394. The molecule has 126 valence electrons. The molecule has 2 aromatic carbocycles. The highest BCUT2D eigenvalue weighted by molar-refractivity contribution is 5.90. The van der Waals surface area contributed by atoms with Gasteiger partial charge < -0.3 is 15.0 Å². The number of carbonyl (C=O) groups excluding carboxylic acids is 1. The monoisotopic (exact) mass is 324 g/mol. The summed E-state index contributed by atoms with van der Waals surface area (Å²) in [6, 6.07) is 18.3. The largest absolute Gasteiger partial charge is 0.380 e. The van der Waals surface area contributed by atoms with E-state index in [2.05, 4.69) is 23.5 Å². The van der Waals surface area contributed by atoms with Gasteiger partial charge in [0, 0.05) is 18.8 Å². The molecule has 1 N–H and O–H groups in total. The van der Waals surface area contributed by atoms with Gasteiger partial charge in [0.05, 0.1) is 12.6 Å². The molecule has 2 aromatic rings. The third-order valence-corrected chi connectivity index (χ3v) is 4.37. The molecule has 1 saturated heterocycles. The molecule has 4 heteroatoms. The number of nitrogens with one attached hydrogen (secondary N) is 1. The zero-order valence-electron chi connectivity index (χ0n) is 14.1. The van der Waals surface area contributed by atoms with Crippen LogP contribution in [0.25, 0.3) is 11.1 Å². The van der Waals surface area contributed by atoms with Gasteiger partial charge in [-0.1, -0.05) is 42.5 Å². The number of likely N-dealkylation sites (tertiary alicyclic amines) is 1. The summed E-state index contributed by atoms with van der Waals surface area (Å²) < 4.78 is 5.50. The van der Waals surface area contributed by atoms with Crippen LogP contribution in [-0.2, 0) is 4.74 Å². The third kappa shape index (κ3) is 3.95. The Morgan fingerprint density at radius 2 is 1.96 bits per heavy atom. The number of anilines is 1. The standard InChI is InChI=1S/C20H24N2O2/c1-2-24-15-19-12-7-13-22(19)20(23)21-18-11-6-10-17(14-18)16-8-4-3-5-9-16/h3-6,8-11,14,19H,2,7,12-13,15H2,1H3,(H,21,23)/t19-/m1/s1. The van der Waals surface area contributed by atoms with Crippen molar-refractivity contribution >= 4 is 11.7 Å². The van der Waals surface area contributed by atoms with Crippen molar-refractivity contribution in [3.63, 3.8) is 0 Å². The average molecular weight is 324 g/mol. The first kappa shape index (κ1) is 16.5. The van der Waals surface area contributed by atoms with Crippen LogP contribution in [0.3, 0.4) is 0 Å². The van der Waals surface area contributed by atoms with E-state index in [0.717, 1.165) is 36.2 Å². The summed E-state index contributed by atoms with van der Waals surface area (Å²) >= 11 is 0. The fourth-order valence-electron chi connectivity index (χ4n) is 3.13. The van der Waals surface area contributed by atoms with E-state index in [0.29, 0.717) is 13.2 Å². The van der Waals surface area contributed by atoms with E-state index in [1.54, 1.807) is 0 Å². The van der Waals surface area contributed by atoms with Gasteiger partial charge in [0.25, 0.3) is 0 Å². The number of rotatable bonds is 5. The Kier molecular flexibility index (Phi) is 5.49. The van der Waals surface area contributed by atoms with Crippen molar-refractivity contribution < 1.29 is 9.53 Å². The zero-order chi connectivity index (χ0) is 16.8. The van der Waals surface area contributed by atoms with Crippen LogP contribution in [0.5, 0.6) is 0 Å². The number of amides is 2. The van der Waals surface area contributed by atoms with Crippen LogP contribution >= 0.6 is 0 Å². The number of hydrogen-bond donors (Lipinski definition) is 1. The quantitative estimate of drug-likeness (QED) is 0.886. The topological polar surface area (TPSA) is 41.6 Å². The molecule has 0 spiro atoms. The second kappa shape index (κ2) is 7.97. The normalized spacial score (nSPS) is 17.0. The van der Waals surface area contributed by atoms with E-state index in [1.165, 1.54) is 0 Å². The van der Waals surface area contributed by atoms with Gasteiger partial charge in [0.15, 0.2) is 0 Å². The van der Waals surface area contributed by atoms with Crippen LogP contribution in [0, 0.1) is 0 Å². The van der Waals surface area contributed by atoms with Crippen molar-refractivity contribution in [3.05, 3.63) is 54.6 Å². The van der Waals surface area contributed by atoms with E-state index in [4.69, 9.17) is 4.74 Å². The van der Waals surface area contributed by atoms with Gasteiger partial charge in [-0.3, -0.25) is 0 Å². The molecule has 1 aliphatic heterocycles. The number of urea groups is 1. The van der Waals surface area contributed by atoms with Crippen molar-refractivity contribution in [2.75, 3.05) is 25.1 Å². The minimum Gasteiger partial charge on any atom is -0.380 e. The summed E-state index contributed by atoms with van der Waals surface area (Å²) in [4.78, 5) is 14.5. The summed E-state index contributed by atoms with van der Waals surface area (Å²) in [6.07, 6.45) is 2.05. The van der Waals surface area contributed by atoms with Crippen LogP contribution in [0.2, 0.25) is 0 Å². The van der Waals surface area contributed by atoms with E-state index >= 15 is 0 Å². The number of ether oxygens (including phenoxy) is 1. The smallest absolute Gasteiger partial charge is 0.322 e. The van der Waals surface area contributed by atoms with Crippen LogP contribution in [0.15, 0.2) is 54.6 Å². The van der Waals surface area contributed by atoms with E-state index < -0.39 is 0 Å². The Labute approximate surface area is 143 Å². The molecule has 0 aliphatic carbocycles. The van der Waals surface area contributed by atoms with Gasteiger partial charge in [-0.2, -0.15) is 0 Å². The van der Waals surface area contributed by atoms with Gasteiger partial charge in [-0.15, -0.1) is 0 Å². The molecule has 1 aliphatic rings. The maximum atomic E-state index is 12.6. The molecular formula is C20H24N2O2. The maximum absolute atomic E-state index is 12.6. The predicted octanol–water partition coefficient (Wildman–Crippen LogP) is 4.39. The lowest BCUT2D eigenvalue weighted by atomic mass is 10.1. The molecule has 24 heavy (non-hydrogen) atoms. The Morgan fingerprint density at radius 1 is 1.17 bits per heavy atom. The Morgan fingerprint density at radius 3 is 2.75 bits per heavy atom. The van der Waals surface area contributed by atoms with E-state index in [1.807, 2.05) is 48.2 Å². The van der Waals surface area contributed by atoms with Crippen molar-refractivity contribution in [2.45, 2.75) is 25.8 Å². The average Bonchev–Trinajstić information content (AvgIpc) is 3.09. The minimum atomic E-state index is -0.0394. The molecule has 0 bridgehead atoms. The fraction of sp³-hybridized carbons (Fsp3) is 0.350. The van der Waals surface area contributed by atoms with Crippen LogP contribution in [0.4, 0.5) is 10.5 Å². The molecule has 1 fully saturated rings. The van der Waals surface area contributed by atoms with Gasteiger partial charge in [0.1, 0.15) is 0 Å². The molecule has 2 amide bonds. The van der Waals surface area contributed by atoms with Crippen molar-refractivity contribution in [1.82, 2.24) is 4.90 Å². The first-order chi connectivity index (χ1) is 11.8. The summed E-state index contributed by atoms with van der Waals surface area (Å²) in [6.45, 7) is 4.08. The highest BCUT2D eigenvalue weighted by Gasteiger charge is 2.28. The highest BCUT2D eigenvalue weighted by Crippen LogP contribution is 2.24. The molecule has 0 saturated carbocycles. The molecule has 0 unspecified atom stereocenters. The van der Waals surface area contributed by atoms with Gasteiger partial charge in [-0.05, 0) is 43.0 Å². The lowest BCUT2D eigenvalue weighted by Crippen LogP contribution is -2.41. The number of nitrogens with zero attached hydrogens (tertiary/aromatic N) is 1. The molecule has 4 nitrogen and oxygen atoms in total. The van der Waals surface area contributed by atoms with Crippen molar-refractivity contribution in [2.24, 2.45) is 0 Å². The van der Waals surface area contributed by atoms with Crippen molar-refractivity contribution in [3.8, 4) is 11.1 Å². The Bertz CT molecular complexity index is 672. The molecule has 0 radical (unpaired) electrons. The van der Waals surface area contributed by atoms with Crippen LogP contribution < -0.4 is 5.32 Å². The third-order valence-electron chi connectivity index (χ3n) is 4.37. The second-order valence-corrected chi connectivity index (χ2v) is 6.03. The van der Waals surface area contributed by atoms with Gasteiger partial charge in [0.2, 0.25) is 0 Å². The SMILES string of the molecule is CCOC[C@H]1CCCN1C(=O)Nc1cccc(-c2ccccc2)c1. The Hall–Kier alpha value is -2.33. The summed E-state index contributed by atoms with van der Waals surface area (Å²) in [5, 5.41) is 3.03. The maximum Gasteiger partial charge on any atom is 0.322 e. The molecule has 3 rings (SSSR count). The summed E-state index contributed by atoms with van der Waals surface area (Å²) in [5.41, 5.74) is 3.06. The zero-order valence-corrected chi connectivity index (χ0v) is 14.1. The Balaban J connectivity index is 1.68. The first-order valence-electron chi connectivity index (χ1n) is 8.59. The van der Waals surface area contributed by atoms with Crippen molar-refractivity contribution in [1.29, 1.82) is 0 Å². The molecule has 1 heterocycles. The lowest BCUT2D eigenvalue weighted by molar-refractivity contribution is 0.0970. The van der Waals surface area contributed by atoms with E-state index in [-0.39, 0.29) is 12.1 Å². The second-order valence-electron chi connectivity index (χ2n) is 6.03. The predicted molar refractivity (Wildman–Crippen MR) is 97.1 cm³/mol. The number of benzene rings is 2. The molecule has 0 aromatic heterocycles. The fourth-order valence-corrected chi connectivity index (χ4v) is 3.13. The van der Waals surface area contributed by atoms with E-state index in [9.17, 15) is 4.79 Å². The van der Waals surface area contributed by atoms with Crippen LogP contribution in [-0.4, -0.2) is 36.7 Å². The first-order valence-corrected chi connectivity index (χ1v) is 8.59. The summed E-state index contributed by atoms with van der Waals surface area (Å²) in [5.74, 6) is 0. The molecule has 1 atom stereocenters. The highest BCUT2D eigenvalue weighted by atomic mass is 16.5. The lowest BCUT2D eigenvalue weighted by Gasteiger charge is -2.24.